The number of aromatic amines is 1. The number of fused-ring (bicyclic) bond motifs is 5. The molecule has 0 aliphatic carbocycles. The Morgan fingerprint density at radius 2 is 0.922 bits per heavy atom. The van der Waals surface area contributed by atoms with Gasteiger partial charge in [0.2, 0.25) is 5.28 Å². The van der Waals surface area contributed by atoms with Crippen LogP contribution in [0.4, 0.5) is 22.0 Å². The van der Waals surface area contributed by atoms with E-state index < -0.39 is 64.4 Å². The summed E-state index contributed by atoms with van der Waals surface area (Å²) in [4.78, 5) is 40.3. The van der Waals surface area contributed by atoms with Crippen molar-refractivity contribution >= 4 is 286 Å². The number of halogens is 15. The summed E-state index contributed by atoms with van der Waals surface area (Å²) in [6.07, 6.45) is 0.0998. The Balaban J connectivity index is 0.000000278. The fourth-order valence-corrected chi connectivity index (χ4v) is 18.0. The standard InChI is InChI=1S/C17H23BN2O2.C12H24B2O4.C11H11BrN2.C10H8F3IO4.C9H17BO2.C8H6BrIN2.C8H7BrN2.C7H4BrFO.C7H5BrN2.C4HCl2FN2.CH3I.H4N2.H2O/c1-11(2)15-13-10-12(8-9-14(13)19-20(15)7)18-21-16(3,4)17(5,6)22-18;1-9(2)10(3,4)16-13(15-9)14-17-11(5,6)12(7,8)18-14;1-7(2)11-9-6-8(12)4-5-10(9)13-14(11)3;1-7(15)17-14(8-5-3-2-4-6-8)18-9(16)10(11,12)13;1-7(2)10-11-8(3,4)9(5,6)12-10;1-12-8(10)6-4-5(9)2-3-7(6)11-12;1-11-5-6-4-7(9)2-3-8(6)10-11;8-6-1-2-7(9)5(3-6)4-10;8-6-1-2-7-5(3-6)4-9-10-7;5-3-2(7)1-8-4(6)9-3;2*1-2;/h8-10H,1H2,2-7H3;1-8H3;4-6H,1H2,2-3H3;2-6H,1H3;1H2,2-6H3;2-4H,1H3;2-5H,1H3;1-4H;1-4H,(H,9,10);1H;1H3;1-2H2;1H2. The van der Waals surface area contributed by atoms with Crippen LogP contribution in [0.2, 0.25) is 10.4 Å². The molecule has 141 heavy (non-hydrogen) atoms. The molecular formula is C94H115B4Br5Cl2F5I3N14O14. The summed E-state index contributed by atoms with van der Waals surface area (Å²) >= 11 is 28.3. The van der Waals surface area contributed by atoms with Gasteiger partial charge in [0.25, 0.3) is 0 Å². The first-order valence-electron chi connectivity index (χ1n) is 42.5. The number of nitrogens with two attached hydrogens (primary N) is 2. The molecule has 28 nitrogen and oxygen atoms in total. The minimum absolute atomic E-state index is 0. The Hall–Kier alpha value is -6.56. The molecule has 6 aromatic heterocycles. The number of nitrogens with one attached hydrogen (secondary N) is 1. The molecule has 4 aliphatic heterocycles. The van der Waals surface area contributed by atoms with Crippen molar-refractivity contribution in [1.82, 2.24) is 59.3 Å². The van der Waals surface area contributed by atoms with Gasteiger partial charge in [-0.2, -0.15) is 25.5 Å². The molecule has 4 aliphatic rings. The van der Waals surface area contributed by atoms with Gasteiger partial charge in [-0.05, 0) is 284 Å². The van der Waals surface area contributed by atoms with E-state index >= 15 is 0 Å². The van der Waals surface area contributed by atoms with E-state index in [-0.39, 0.29) is 84.1 Å². The van der Waals surface area contributed by atoms with E-state index in [4.69, 9.17) is 60.4 Å². The molecule has 7 N–H and O–H groups in total. The van der Waals surface area contributed by atoms with Crippen LogP contribution in [0.5, 0.6) is 0 Å². The van der Waals surface area contributed by atoms with Crippen LogP contribution in [0, 0.1) is 18.9 Å². The Morgan fingerprint density at radius 3 is 1.35 bits per heavy atom. The van der Waals surface area contributed by atoms with Crippen molar-refractivity contribution in [2.75, 3.05) is 4.93 Å². The normalized spacial score (nSPS) is 15.8. The van der Waals surface area contributed by atoms with Gasteiger partial charge >= 0.3 is 137 Å². The van der Waals surface area contributed by atoms with Crippen molar-refractivity contribution in [3.05, 3.63) is 252 Å². The van der Waals surface area contributed by atoms with E-state index in [1.165, 1.54) is 38.7 Å². The predicted octanol–water partition coefficient (Wildman–Crippen LogP) is 24.5. The van der Waals surface area contributed by atoms with E-state index in [1.54, 1.807) is 30.5 Å². The van der Waals surface area contributed by atoms with Gasteiger partial charge in [-0.1, -0.05) is 145 Å². The van der Waals surface area contributed by atoms with Crippen LogP contribution in [-0.4, -0.2) is 167 Å². The molecule has 7 aromatic carbocycles. The summed E-state index contributed by atoms with van der Waals surface area (Å²) in [5.41, 5.74) is 8.73. The largest absolute Gasteiger partial charge is 0.488 e. The third kappa shape index (κ3) is 34.5. The summed E-state index contributed by atoms with van der Waals surface area (Å²) in [6, 6.07) is 42.2. The molecule has 0 radical (unpaired) electrons. The van der Waals surface area contributed by atoms with E-state index in [9.17, 15) is 36.3 Å². The fourth-order valence-electron chi connectivity index (χ4n) is 12.5. The SMILES string of the molecule is Brc1ccc2[nH]ncc2c1.C=C(C)B1OC(C)(C)C(C)(C)O1.C=C(C)c1c2cc(B3OC(C)(C)C(C)(C)O3)ccc2nn1C.C=C(C)c1c2cc(Br)ccc2nn1C.CC(=O)OI(OC(=O)C(F)(F)F)c1ccccc1.CC1(C)OB(B2OC(C)(C)C(C)(C)O2)OC1(C)C.CI.Cn1cc2cc(Br)ccc2n1.Cn1nc2ccc(Br)cc2c1I.Fc1cnc(Cl)nc1Cl.NN.O.O=Cc1cc(Br)ccc1F. The number of hydrogen-bond donors (Lipinski definition) is 3. The number of allylic oxidation sites excluding steroid dienone is 3. The van der Waals surface area contributed by atoms with Crippen molar-refractivity contribution in [2.24, 2.45) is 39.9 Å². The summed E-state index contributed by atoms with van der Waals surface area (Å²) in [7, 11) is 6.22. The smallest absolute Gasteiger partial charge is 0.412 e. The Bertz CT molecular complexity index is 6390. The van der Waals surface area contributed by atoms with Crippen molar-refractivity contribution in [2.45, 2.75) is 189 Å². The van der Waals surface area contributed by atoms with E-state index in [0.29, 0.717) is 10.8 Å². The first-order valence-corrected chi connectivity index (χ1v) is 53.3. The van der Waals surface area contributed by atoms with Gasteiger partial charge in [-0.3, -0.25) is 40.3 Å². The van der Waals surface area contributed by atoms with Crippen LogP contribution in [0.25, 0.3) is 65.7 Å². The second kappa shape index (κ2) is 53.4. The molecule has 0 atom stereocenters. The fraction of sp³-hybridized carbons (Fsp3) is 0.362. The van der Waals surface area contributed by atoms with Gasteiger partial charge in [0, 0.05) is 83.7 Å². The minimum atomic E-state index is -5.11. The molecule has 47 heteroatoms. The van der Waals surface area contributed by atoms with Crippen molar-refractivity contribution in [1.29, 1.82) is 0 Å². The maximum absolute atomic E-state index is 12.5. The van der Waals surface area contributed by atoms with Gasteiger partial charge in [0.05, 0.1) is 102 Å². The zero-order valence-electron chi connectivity index (χ0n) is 82.6. The van der Waals surface area contributed by atoms with E-state index in [1.807, 2.05) is 229 Å². The summed E-state index contributed by atoms with van der Waals surface area (Å²) in [5, 5.41) is 29.7. The topological polar surface area (TPSA) is 353 Å². The molecule has 0 spiro atoms. The van der Waals surface area contributed by atoms with Gasteiger partial charge in [0.1, 0.15) is 9.52 Å². The number of benzene rings is 7. The molecular weight excluding hydrogens is 2540 g/mol. The van der Waals surface area contributed by atoms with Gasteiger partial charge in [-0.15, -0.1) is 6.58 Å². The van der Waals surface area contributed by atoms with Crippen molar-refractivity contribution in [3.8, 4) is 0 Å². The van der Waals surface area contributed by atoms with Gasteiger partial charge in [0.15, 0.2) is 17.3 Å². The average molecular weight is 2650 g/mol. The quantitative estimate of drug-likeness (QED) is 0.0139. The first kappa shape index (κ1) is 125. The summed E-state index contributed by atoms with van der Waals surface area (Å²) in [6.45, 7) is 51.4. The second-order valence-corrected chi connectivity index (χ2v) is 45.1. The third-order valence-corrected chi connectivity index (χ3v) is 30.1. The molecule has 4 saturated heterocycles. The van der Waals surface area contributed by atoms with Crippen molar-refractivity contribution < 1.29 is 85.2 Å². The van der Waals surface area contributed by atoms with Crippen molar-refractivity contribution in [3.63, 3.8) is 0 Å². The number of aryl methyl sites for hydroxylation is 4. The monoisotopic (exact) mass is 2650 g/mol. The number of H-pyrrole nitrogens is 1. The van der Waals surface area contributed by atoms with Gasteiger partial charge < -0.3 is 42.7 Å². The number of aromatic nitrogens is 12. The number of nitrogens with zero attached hydrogens (tertiary/aromatic N) is 11. The Kier molecular flexibility index (Phi) is 47.3. The molecule has 0 amide bonds. The third-order valence-electron chi connectivity index (χ3n) is 22.3. The summed E-state index contributed by atoms with van der Waals surface area (Å²) in [5.74, 6) is 3.70. The van der Waals surface area contributed by atoms with Crippen LogP contribution in [0.1, 0.15) is 160 Å². The van der Waals surface area contributed by atoms with Crippen LogP contribution >= 0.6 is 169 Å². The first-order chi connectivity index (χ1) is 64.9. The number of carbonyl (C=O) groups is 3. The van der Waals surface area contributed by atoms with E-state index in [2.05, 4.69) is 255 Å². The number of aldehydes is 1. The zero-order chi connectivity index (χ0) is 106. The van der Waals surface area contributed by atoms with Crippen LogP contribution < -0.4 is 17.1 Å². The maximum Gasteiger partial charge on any atom is 0.488 e. The number of hydrazine groups is 1. The number of hydrogen-bond acceptors (Lipinski definition) is 22. The molecule has 13 aromatic rings. The molecule has 0 bridgehead atoms. The zero-order valence-corrected chi connectivity index (χ0v) is 98.5. The maximum atomic E-state index is 12.5. The molecule has 762 valence electrons. The number of alkyl halides is 4. The van der Waals surface area contributed by atoms with Crippen LogP contribution in [0.15, 0.2) is 206 Å². The van der Waals surface area contributed by atoms with Gasteiger partial charge in [-0.25, -0.2) is 18.7 Å². The number of carbonyl (C=O) groups excluding carboxylic acids is 3. The molecule has 17 rings (SSSR count). The van der Waals surface area contributed by atoms with Crippen LogP contribution in [0.3, 0.4) is 0 Å². The number of rotatable bonds is 9. The Morgan fingerprint density at radius 1 is 0.518 bits per heavy atom. The Labute approximate surface area is 907 Å². The average Bonchev–Trinajstić information content (AvgIpc) is 1.58. The molecule has 0 saturated carbocycles. The molecule has 10 heterocycles. The second-order valence-electron chi connectivity index (χ2n) is 35.4. The molecule has 0 unspecified atom stereocenters. The predicted molar refractivity (Wildman–Crippen MR) is 597 cm³/mol. The summed E-state index contributed by atoms with van der Waals surface area (Å²) < 4.78 is 131. The minimum Gasteiger partial charge on any atom is -0.412 e. The molecule has 4 fully saturated rings. The van der Waals surface area contributed by atoms with Crippen LogP contribution in [-0.2, 0) is 81.1 Å². The van der Waals surface area contributed by atoms with E-state index in [0.717, 1.165) is 108 Å².